The minimum atomic E-state index is -0.236. The molecule has 12 heavy (non-hydrogen) atoms. The van der Waals surface area contributed by atoms with Gasteiger partial charge in [-0.3, -0.25) is 0 Å². The number of halogens is 1. The zero-order chi connectivity index (χ0) is 8.97. The monoisotopic (exact) mass is 173 g/mol. The maximum absolute atomic E-state index is 11.9. The minimum Gasteiger partial charge on any atom is -0.311 e. The largest absolute Gasteiger partial charge is 0.311 e. The molecular formula is C10H20FN. The Hall–Kier alpha value is -0.110. The molecule has 0 aliphatic heterocycles. The maximum Gasteiger partial charge on any atom is 0.102 e. The molecular weight excluding hydrogens is 153 g/mol. The van der Waals surface area contributed by atoms with Crippen molar-refractivity contribution in [2.75, 3.05) is 13.2 Å². The van der Waals surface area contributed by atoms with Gasteiger partial charge in [-0.25, -0.2) is 4.39 Å². The van der Waals surface area contributed by atoms with Crippen LogP contribution in [0.5, 0.6) is 0 Å². The van der Waals surface area contributed by atoms with E-state index in [1.54, 1.807) is 0 Å². The predicted octanol–water partition coefficient (Wildman–Crippen LogP) is 2.37. The van der Waals surface area contributed by atoms with Gasteiger partial charge in [-0.1, -0.05) is 13.8 Å². The van der Waals surface area contributed by atoms with Crippen LogP contribution in [0.4, 0.5) is 4.39 Å². The Bertz CT molecular complexity index is 125. The molecule has 0 aromatic carbocycles. The van der Waals surface area contributed by atoms with Crippen LogP contribution in [0.15, 0.2) is 0 Å². The minimum absolute atomic E-state index is 0.236. The standard InChI is InChI=1S/C10H20FN/c1-8-3-4-10(7-9(8)2)12-6-5-11/h8-10,12H,3-7H2,1-2H3/t8?,9-,10?/m1/s1. The van der Waals surface area contributed by atoms with Gasteiger partial charge in [0.1, 0.15) is 6.67 Å². The van der Waals surface area contributed by atoms with E-state index in [1.807, 2.05) is 0 Å². The molecule has 0 bridgehead atoms. The summed E-state index contributed by atoms with van der Waals surface area (Å²) in [4.78, 5) is 0. The first kappa shape index (κ1) is 9.97. The Kier molecular flexibility index (Phi) is 3.99. The average molecular weight is 173 g/mol. The van der Waals surface area contributed by atoms with E-state index in [9.17, 15) is 4.39 Å². The Morgan fingerprint density at radius 1 is 1.25 bits per heavy atom. The summed E-state index contributed by atoms with van der Waals surface area (Å²) in [5.41, 5.74) is 0. The van der Waals surface area contributed by atoms with Crippen molar-refractivity contribution in [3.8, 4) is 0 Å². The van der Waals surface area contributed by atoms with Crippen molar-refractivity contribution in [3.05, 3.63) is 0 Å². The molecule has 0 aromatic rings. The summed E-state index contributed by atoms with van der Waals surface area (Å²) in [7, 11) is 0. The van der Waals surface area contributed by atoms with Gasteiger partial charge in [0.2, 0.25) is 0 Å². The molecule has 1 rings (SSSR count). The molecule has 1 N–H and O–H groups in total. The molecule has 0 heterocycles. The van der Waals surface area contributed by atoms with E-state index in [0.29, 0.717) is 12.6 Å². The Balaban J connectivity index is 2.21. The van der Waals surface area contributed by atoms with E-state index in [0.717, 1.165) is 11.8 Å². The molecule has 72 valence electrons. The lowest BCUT2D eigenvalue weighted by molar-refractivity contribution is 0.224. The maximum atomic E-state index is 11.9. The van der Waals surface area contributed by atoms with Crippen LogP contribution in [-0.4, -0.2) is 19.3 Å². The van der Waals surface area contributed by atoms with Crippen LogP contribution in [0.1, 0.15) is 33.1 Å². The molecule has 3 atom stereocenters. The lowest BCUT2D eigenvalue weighted by Crippen LogP contribution is -2.37. The molecule has 1 nitrogen and oxygen atoms in total. The van der Waals surface area contributed by atoms with Crippen molar-refractivity contribution >= 4 is 0 Å². The number of rotatable bonds is 3. The number of alkyl halides is 1. The van der Waals surface area contributed by atoms with Crippen molar-refractivity contribution in [1.29, 1.82) is 0 Å². The molecule has 1 saturated carbocycles. The highest BCUT2D eigenvalue weighted by Gasteiger charge is 2.23. The third-order valence-electron chi connectivity index (χ3n) is 3.13. The van der Waals surface area contributed by atoms with Crippen LogP contribution in [0, 0.1) is 11.8 Å². The molecule has 1 fully saturated rings. The number of nitrogens with one attached hydrogen (secondary N) is 1. The summed E-state index contributed by atoms with van der Waals surface area (Å²) >= 11 is 0. The summed E-state index contributed by atoms with van der Waals surface area (Å²) in [6.45, 7) is 4.91. The van der Waals surface area contributed by atoms with Crippen molar-refractivity contribution in [3.63, 3.8) is 0 Å². The fraction of sp³-hybridized carbons (Fsp3) is 1.00. The second-order valence-corrected chi connectivity index (χ2v) is 4.11. The SMILES string of the molecule is CC1CCC(NCCF)C[C@H]1C. The van der Waals surface area contributed by atoms with Crippen LogP contribution in [0.3, 0.4) is 0 Å². The van der Waals surface area contributed by atoms with Crippen molar-refractivity contribution < 1.29 is 4.39 Å². The summed E-state index contributed by atoms with van der Waals surface area (Å²) in [5.74, 6) is 1.66. The van der Waals surface area contributed by atoms with Gasteiger partial charge >= 0.3 is 0 Å². The van der Waals surface area contributed by atoms with E-state index in [4.69, 9.17) is 0 Å². The second-order valence-electron chi connectivity index (χ2n) is 4.11. The van der Waals surface area contributed by atoms with E-state index in [2.05, 4.69) is 19.2 Å². The van der Waals surface area contributed by atoms with E-state index in [1.165, 1.54) is 19.3 Å². The van der Waals surface area contributed by atoms with Crippen molar-refractivity contribution in [2.45, 2.75) is 39.2 Å². The zero-order valence-corrected chi connectivity index (χ0v) is 8.15. The molecule has 0 aromatic heterocycles. The van der Waals surface area contributed by atoms with Gasteiger partial charge in [0.25, 0.3) is 0 Å². The molecule has 1 aliphatic carbocycles. The highest BCUT2D eigenvalue weighted by molar-refractivity contribution is 4.79. The Morgan fingerprint density at radius 3 is 2.58 bits per heavy atom. The third kappa shape index (κ3) is 2.74. The Labute approximate surface area is 74.7 Å². The summed E-state index contributed by atoms with van der Waals surface area (Å²) in [6, 6.07) is 0.576. The van der Waals surface area contributed by atoms with Gasteiger partial charge in [-0.05, 0) is 31.1 Å². The average Bonchev–Trinajstić information content (AvgIpc) is 2.07. The molecule has 0 amide bonds. The topological polar surface area (TPSA) is 12.0 Å². The predicted molar refractivity (Wildman–Crippen MR) is 49.9 cm³/mol. The van der Waals surface area contributed by atoms with Gasteiger partial charge < -0.3 is 5.32 Å². The summed E-state index contributed by atoms with van der Waals surface area (Å²) in [5, 5.41) is 3.25. The van der Waals surface area contributed by atoms with Gasteiger partial charge in [0.05, 0.1) is 0 Å². The third-order valence-corrected chi connectivity index (χ3v) is 3.13. The van der Waals surface area contributed by atoms with Crippen LogP contribution in [0.25, 0.3) is 0 Å². The first-order valence-corrected chi connectivity index (χ1v) is 5.03. The van der Waals surface area contributed by atoms with Crippen LogP contribution >= 0.6 is 0 Å². The number of hydrogen-bond acceptors (Lipinski definition) is 1. The van der Waals surface area contributed by atoms with Crippen molar-refractivity contribution in [1.82, 2.24) is 5.32 Å². The molecule has 1 aliphatic rings. The first-order chi connectivity index (χ1) is 5.74. The zero-order valence-electron chi connectivity index (χ0n) is 8.15. The number of hydrogen-bond donors (Lipinski definition) is 1. The fourth-order valence-corrected chi connectivity index (χ4v) is 1.99. The molecule has 2 heteroatoms. The highest BCUT2D eigenvalue weighted by atomic mass is 19.1. The van der Waals surface area contributed by atoms with Crippen LogP contribution in [0.2, 0.25) is 0 Å². The van der Waals surface area contributed by atoms with Crippen LogP contribution in [-0.2, 0) is 0 Å². The lowest BCUT2D eigenvalue weighted by Gasteiger charge is -2.32. The highest BCUT2D eigenvalue weighted by Crippen LogP contribution is 2.28. The van der Waals surface area contributed by atoms with E-state index in [-0.39, 0.29) is 6.67 Å². The molecule has 2 unspecified atom stereocenters. The fourth-order valence-electron chi connectivity index (χ4n) is 1.99. The summed E-state index contributed by atoms with van der Waals surface area (Å²) < 4.78 is 11.9. The van der Waals surface area contributed by atoms with Gasteiger partial charge in [0, 0.05) is 12.6 Å². The molecule has 0 radical (unpaired) electrons. The first-order valence-electron chi connectivity index (χ1n) is 5.03. The normalized spacial score (nSPS) is 36.8. The van der Waals surface area contributed by atoms with E-state index >= 15 is 0 Å². The van der Waals surface area contributed by atoms with Crippen LogP contribution < -0.4 is 5.32 Å². The van der Waals surface area contributed by atoms with Gasteiger partial charge in [-0.15, -0.1) is 0 Å². The molecule has 0 spiro atoms. The Morgan fingerprint density at radius 2 is 2.00 bits per heavy atom. The van der Waals surface area contributed by atoms with Gasteiger partial charge in [0.15, 0.2) is 0 Å². The van der Waals surface area contributed by atoms with Crippen molar-refractivity contribution in [2.24, 2.45) is 11.8 Å². The van der Waals surface area contributed by atoms with Gasteiger partial charge in [-0.2, -0.15) is 0 Å². The smallest absolute Gasteiger partial charge is 0.102 e. The van der Waals surface area contributed by atoms with E-state index < -0.39 is 0 Å². The lowest BCUT2D eigenvalue weighted by atomic mass is 9.79. The quantitative estimate of drug-likeness (QED) is 0.691. The molecule has 0 saturated heterocycles. The second kappa shape index (κ2) is 4.80. The summed E-state index contributed by atoms with van der Waals surface area (Å²) in [6.07, 6.45) is 3.75.